The van der Waals surface area contributed by atoms with Crippen molar-refractivity contribution in [3.63, 3.8) is 0 Å². The predicted molar refractivity (Wildman–Crippen MR) is 60.3 cm³/mol. The van der Waals surface area contributed by atoms with Gasteiger partial charge in [-0.15, -0.1) is 0 Å². The van der Waals surface area contributed by atoms with Gasteiger partial charge in [0.2, 0.25) is 0 Å². The number of aromatic hydroxyl groups is 1. The van der Waals surface area contributed by atoms with Crippen LogP contribution >= 0.6 is 0 Å². The highest BCUT2D eigenvalue weighted by atomic mass is 16.3. The third kappa shape index (κ3) is 2.13. The van der Waals surface area contributed by atoms with Gasteiger partial charge in [-0.3, -0.25) is 4.68 Å². The van der Waals surface area contributed by atoms with Crippen LogP contribution < -0.4 is 5.43 Å². The molecule has 2 aromatic rings. The molecule has 0 aliphatic rings. The number of hydrogen-bond donors (Lipinski definition) is 2. The summed E-state index contributed by atoms with van der Waals surface area (Å²) < 4.78 is 1.87. The minimum absolute atomic E-state index is 0.0681. The number of para-hydroxylation sites is 1. The molecule has 2 N–H and O–H groups in total. The molecule has 0 radical (unpaired) electrons. The van der Waals surface area contributed by atoms with Gasteiger partial charge in [-0.05, 0) is 25.1 Å². The second kappa shape index (κ2) is 4.09. The van der Waals surface area contributed by atoms with Crippen molar-refractivity contribution >= 4 is 0 Å². The third-order valence-electron chi connectivity index (χ3n) is 2.35. The molecular formula is C12H14N2O. The van der Waals surface area contributed by atoms with Crippen molar-refractivity contribution in [2.24, 2.45) is 0 Å². The molecule has 15 heavy (non-hydrogen) atoms. The van der Waals surface area contributed by atoms with Gasteiger partial charge in [-0.25, -0.2) is 0 Å². The molecule has 0 fully saturated rings. The van der Waals surface area contributed by atoms with Gasteiger partial charge in [0, 0.05) is 18.0 Å². The molecule has 0 saturated heterocycles. The lowest BCUT2D eigenvalue weighted by Gasteiger charge is -2.17. The maximum Gasteiger partial charge on any atom is 0.120 e. The number of phenols is 1. The van der Waals surface area contributed by atoms with Crippen LogP contribution in [0, 0.1) is 0 Å². The Morgan fingerprint density at radius 2 is 1.80 bits per heavy atom. The summed E-state index contributed by atoms with van der Waals surface area (Å²) in [5.74, 6) is 0.324. The minimum atomic E-state index is 0.0681. The maximum atomic E-state index is 9.66. The molecule has 0 bridgehead atoms. The fourth-order valence-electron chi connectivity index (χ4n) is 1.57. The number of phenolic OH excluding ortho intramolecular Hbond substituents is 1. The van der Waals surface area contributed by atoms with Gasteiger partial charge in [0.1, 0.15) is 5.75 Å². The number of nitrogens with one attached hydrogen (secondary N) is 1. The number of hydrogen-bond acceptors (Lipinski definition) is 2. The summed E-state index contributed by atoms with van der Waals surface area (Å²) in [6.45, 7) is 2.01. The molecule has 0 aliphatic carbocycles. The van der Waals surface area contributed by atoms with Crippen LogP contribution in [0.2, 0.25) is 0 Å². The average Bonchev–Trinajstić information content (AvgIpc) is 2.71. The lowest BCUT2D eigenvalue weighted by Crippen LogP contribution is -2.16. The average molecular weight is 202 g/mol. The van der Waals surface area contributed by atoms with Crippen molar-refractivity contribution in [2.45, 2.75) is 13.0 Å². The quantitative estimate of drug-likeness (QED) is 0.802. The summed E-state index contributed by atoms with van der Waals surface area (Å²) in [7, 11) is 0. The Hall–Kier alpha value is -1.90. The number of aromatic nitrogens is 1. The van der Waals surface area contributed by atoms with Crippen molar-refractivity contribution in [1.29, 1.82) is 0 Å². The van der Waals surface area contributed by atoms with Crippen LogP contribution in [0.3, 0.4) is 0 Å². The van der Waals surface area contributed by atoms with Gasteiger partial charge in [-0.2, -0.15) is 0 Å². The smallest absolute Gasteiger partial charge is 0.120 e. The van der Waals surface area contributed by atoms with Gasteiger partial charge >= 0.3 is 0 Å². The first-order valence-electron chi connectivity index (χ1n) is 4.95. The van der Waals surface area contributed by atoms with Crippen LogP contribution in [0.5, 0.6) is 5.75 Å². The zero-order valence-electron chi connectivity index (χ0n) is 8.59. The molecule has 3 nitrogen and oxygen atoms in total. The Bertz CT molecular complexity index is 423. The Morgan fingerprint density at radius 3 is 2.47 bits per heavy atom. The van der Waals surface area contributed by atoms with Gasteiger partial charge in [-0.1, -0.05) is 18.2 Å². The highest BCUT2D eigenvalue weighted by molar-refractivity contribution is 5.35. The molecule has 1 heterocycles. The van der Waals surface area contributed by atoms with E-state index in [9.17, 15) is 5.11 Å². The first-order valence-corrected chi connectivity index (χ1v) is 4.95. The molecular weight excluding hydrogens is 188 g/mol. The molecule has 1 atom stereocenters. The van der Waals surface area contributed by atoms with Crippen molar-refractivity contribution in [3.8, 4) is 5.75 Å². The molecule has 0 aliphatic heterocycles. The molecule has 1 unspecified atom stereocenters. The number of nitrogens with zero attached hydrogens (tertiary/aromatic N) is 1. The van der Waals surface area contributed by atoms with Gasteiger partial charge < -0.3 is 10.5 Å². The summed E-state index contributed by atoms with van der Waals surface area (Å²) in [5.41, 5.74) is 4.13. The summed E-state index contributed by atoms with van der Waals surface area (Å²) in [6.07, 6.45) is 3.85. The van der Waals surface area contributed by atoms with Gasteiger partial charge in [0.15, 0.2) is 0 Å². The Morgan fingerprint density at radius 1 is 1.13 bits per heavy atom. The zero-order valence-corrected chi connectivity index (χ0v) is 8.59. The largest absolute Gasteiger partial charge is 0.508 e. The van der Waals surface area contributed by atoms with E-state index in [1.807, 2.05) is 54.3 Å². The van der Waals surface area contributed by atoms with Crippen LogP contribution in [-0.4, -0.2) is 9.78 Å². The first-order chi connectivity index (χ1) is 7.27. The first kappa shape index (κ1) is 9.65. The van der Waals surface area contributed by atoms with Crippen molar-refractivity contribution in [2.75, 3.05) is 5.43 Å². The van der Waals surface area contributed by atoms with Crippen LogP contribution in [0.15, 0.2) is 48.8 Å². The van der Waals surface area contributed by atoms with E-state index in [0.29, 0.717) is 5.75 Å². The standard InChI is InChI=1S/C12H14N2O/c1-10(13-14-8-4-5-9-14)11-6-2-3-7-12(11)15/h2-10,13,15H,1H3. The minimum Gasteiger partial charge on any atom is -0.508 e. The summed E-state index contributed by atoms with van der Waals surface area (Å²) in [5, 5.41) is 9.66. The Labute approximate surface area is 89.0 Å². The topological polar surface area (TPSA) is 37.2 Å². The summed E-state index contributed by atoms with van der Waals surface area (Å²) in [6, 6.07) is 11.3. The van der Waals surface area contributed by atoms with Crippen LogP contribution in [0.4, 0.5) is 0 Å². The Balaban J connectivity index is 2.15. The van der Waals surface area contributed by atoms with E-state index in [-0.39, 0.29) is 6.04 Å². The van der Waals surface area contributed by atoms with Crippen LogP contribution in [-0.2, 0) is 0 Å². The zero-order chi connectivity index (χ0) is 10.7. The lowest BCUT2D eigenvalue weighted by molar-refractivity contribution is 0.463. The number of rotatable bonds is 3. The fraction of sp³-hybridized carbons (Fsp3) is 0.167. The van der Waals surface area contributed by atoms with E-state index >= 15 is 0 Å². The van der Waals surface area contributed by atoms with Crippen LogP contribution in [0.25, 0.3) is 0 Å². The van der Waals surface area contributed by atoms with E-state index in [0.717, 1.165) is 5.56 Å². The van der Waals surface area contributed by atoms with Crippen LogP contribution in [0.1, 0.15) is 18.5 Å². The van der Waals surface area contributed by atoms with E-state index in [1.165, 1.54) is 0 Å². The normalized spacial score (nSPS) is 12.3. The van der Waals surface area contributed by atoms with Crippen molar-refractivity contribution in [3.05, 3.63) is 54.4 Å². The molecule has 1 aromatic heterocycles. The van der Waals surface area contributed by atoms with E-state index < -0.39 is 0 Å². The molecule has 3 heteroatoms. The predicted octanol–water partition coefficient (Wildman–Crippen LogP) is 2.50. The van der Waals surface area contributed by atoms with E-state index in [1.54, 1.807) is 6.07 Å². The molecule has 1 aromatic carbocycles. The molecule has 2 rings (SSSR count). The fourth-order valence-corrected chi connectivity index (χ4v) is 1.57. The highest BCUT2D eigenvalue weighted by Gasteiger charge is 2.08. The molecule has 0 saturated carbocycles. The Kier molecular flexibility index (Phi) is 2.63. The van der Waals surface area contributed by atoms with E-state index in [4.69, 9.17) is 0 Å². The maximum absolute atomic E-state index is 9.66. The molecule has 0 spiro atoms. The van der Waals surface area contributed by atoms with Crippen molar-refractivity contribution in [1.82, 2.24) is 4.68 Å². The second-order valence-electron chi connectivity index (χ2n) is 3.50. The summed E-state index contributed by atoms with van der Waals surface area (Å²) >= 11 is 0. The third-order valence-corrected chi connectivity index (χ3v) is 2.35. The van der Waals surface area contributed by atoms with Gasteiger partial charge in [0.05, 0.1) is 6.04 Å². The monoisotopic (exact) mass is 202 g/mol. The number of benzene rings is 1. The molecule has 78 valence electrons. The van der Waals surface area contributed by atoms with Gasteiger partial charge in [0.25, 0.3) is 0 Å². The van der Waals surface area contributed by atoms with Crippen molar-refractivity contribution < 1.29 is 5.11 Å². The summed E-state index contributed by atoms with van der Waals surface area (Å²) in [4.78, 5) is 0. The molecule has 0 amide bonds. The lowest BCUT2D eigenvalue weighted by atomic mass is 10.1. The SMILES string of the molecule is CC(Nn1cccc1)c1ccccc1O. The van der Waals surface area contributed by atoms with E-state index in [2.05, 4.69) is 5.43 Å². The second-order valence-corrected chi connectivity index (χ2v) is 3.50. The highest BCUT2D eigenvalue weighted by Crippen LogP contribution is 2.23.